The largest absolute Gasteiger partial charge is 0.316 e. The Bertz CT molecular complexity index is 388. The first-order valence-electron chi connectivity index (χ1n) is 6.99. The highest BCUT2D eigenvalue weighted by Gasteiger charge is 2.47. The Morgan fingerprint density at radius 2 is 2.00 bits per heavy atom. The van der Waals surface area contributed by atoms with Crippen molar-refractivity contribution in [1.29, 1.82) is 0 Å². The molecular formula is C16H23N. The molecule has 3 rings (SSSR count). The first kappa shape index (κ1) is 11.3. The van der Waals surface area contributed by atoms with Crippen LogP contribution in [0.25, 0.3) is 0 Å². The molecule has 1 aromatic rings. The summed E-state index contributed by atoms with van der Waals surface area (Å²) in [7, 11) is 2.13. The molecule has 2 aliphatic carbocycles. The van der Waals surface area contributed by atoms with Crippen LogP contribution in [-0.4, -0.2) is 13.1 Å². The fourth-order valence-electron chi connectivity index (χ4n) is 3.69. The number of hydrogen-bond acceptors (Lipinski definition) is 1. The Labute approximate surface area is 105 Å². The van der Waals surface area contributed by atoms with Crippen molar-refractivity contribution in [2.75, 3.05) is 7.05 Å². The van der Waals surface area contributed by atoms with Gasteiger partial charge in [-0.05, 0) is 63.0 Å². The van der Waals surface area contributed by atoms with Gasteiger partial charge in [0.2, 0.25) is 0 Å². The second-order valence-corrected chi connectivity index (χ2v) is 6.08. The van der Waals surface area contributed by atoms with E-state index in [1.54, 1.807) is 0 Å². The summed E-state index contributed by atoms with van der Waals surface area (Å²) in [5.74, 6) is 3.10. The molecule has 3 unspecified atom stereocenters. The number of benzene rings is 1. The third kappa shape index (κ3) is 2.40. The molecule has 1 heteroatoms. The minimum Gasteiger partial charge on any atom is -0.316 e. The Morgan fingerprint density at radius 3 is 2.65 bits per heavy atom. The van der Waals surface area contributed by atoms with Crippen LogP contribution in [0.15, 0.2) is 24.3 Å². The normalized spacial score (nSPS) is 32.2. The van der Waals surface area contributed by atoms with Gasteiger partial charge >= 0.3 is 0 Å². The van der Waals surface area contributed by atoms with E-state index in [0.717, 1.165) is 17.8 Å². The van der Waals surface area contributed by atoms with Gasteiger partial charge in [-0.3, -0.25) is 0 Å². The summed E-state index contributed by atoms with van der Waals surface area (Å²) in [6, 6.07) is 9.66. The van der Waals surface area contributed by atoms with Crippen LogP contribution in [0.3, 0.4) is 0 Å². The van der Waals surface area contributed by atoms with Crippen molar-refractivity contribution in [1.82, 2.24) is 5.32 Å². The molecule has 0 aromatic heterocycles. The van der Waals surface area contributed by atoms with Crippen LogP contribution in [0.4, 0.5) is 0 Å². The molecule has 92 valence electrons. The van der Waals surface area contributed by atoms with E-state index < -0.39 is 0 Å². The zero-order chi connectivity index (χ0) is 11.8. The van der Waals surface area contributed by atoms with Gasteiger partial charge in [-0.1, -0.05) is 29.8 Å². The van der Waals surface area contributed by atoms with Crippen molar-refractivity contribution >= 4 is 0 Å². The summed E-state index contributed by atoms with van der Waals surface area (Å²) >= 11 is 0. The van der Waals surface area contributed by atoms with E-state index in [2.05, 4.69) is 43.6 Å². The lowest BCUT2D eigenvalue weighted by molar-refractivity contribution is 0.349. The highest BCUT2D eigenvalue weighted by molar-refractivity contribution is 5.23. The van der Waals surface area contributed by atoms with E-state index in [9.17, 15) is 0 Å². The van der Waals surface area contributed by atoms with Crippen molar-refractivity contribution in [2.45, 2.75) is 38.6 Å². The Morgan fingerprint density at radius 1 is 1.24 bits per heavy atom. The molecule has 0 aliphatic heterocycles. The van der Waals surface area contributed by atoms with Gasteiger partial charge in [0.1, 0.15) is 0 Å². The number of fused-ring (bicyclic) bond motifs is 1. The molecule has 17 heavy (non-hydrogen) atoms. The van der Waals surface area contributed by atoms with Gasteiger partial charge in [0.15, 0.2) is 0 Å². The Kier molecular flexibility index (Phi) is 2.96. The lowest BCUT2D eigenvalue weighted by Crippen LogP contribution is -2.35. The number of nitrogens with one attached hydrogen (secondary N) is 1. The maximum absolute atomic E-state index is 3.55. The number of hydrogen-bond donors (Lipinski definition) is 1. The van der Waals surface area contributed by atoms with Crippen molar-refractivity contribution in [3.05, 3.63) is 35.4 Å². The molecule has 1 N–H and O–H groups in total. The van der Waals surface area contributed by atoms with Gasteiger partial charge in [0, 0.05) is 6.04 Å². The predicted octanol–water partition coefficient (Wildman–Crippen LogP) is 3.17. The molecule has 0 bridgehead atoms. The molecule has 2 saturated carbocycles. The molecule has 1 nitrogen and oxygen atoms in total. The molecule has 0 saturated heterocycles. The third-order valence-corrected chi connectivity index (χ3v) is 4.76. The van der Waals surface area contributed by atoms with E-state index >= 15 is 0 Å². The van der Waals surface area contributed by atoms with Crippen molar-refractivity contribution < 1.29 is 0 Å². The van der Waals surface area contributed by atoms with Gasteiger partial charge in [-0.15, -0.1) is 0 Å². The van der Waals surface area contributed by atoms with E-state index in [-0.39, 0.29) is 0 Å². The average molecular weight is 229 g/mol. The van der Waals surface area contributed by atoms with Crippen LogP contribution in [0.5, 0.6) is 0 Å². The standard InChI is InChI=1S/C16H23N/c1-11-4-3-5-12(6-11)7-16(17-2)15-9-13-8-14(13)10-15/h3-6,13-17H,7-10H2,1-2H3. The maximum atomic E-state index is 3.55. The second kappa shape index (κ2) is 4.45. The van der Waals surface area contributed by atoms with Gasteiger partial charge < -0.3 is 5.32 Å². The van der Waals surface area contributed by atoms with E-state index in [0.29, 0.717) is 6.04 Å². The zero-order valence-electron chi connectivity index (χ0n) is 10.9. The minimum atomic E-state index is 0.685. The summed E-state index contributed by atoms with van der Waals surface area (Å²) in [5, 5.41) is 3.55. The maximum Gasteiger partial charge on any atom is 0.0133 e. The highest BCUT2D eigenvalue weighted by atomic mass is 14.9. The molecule has 0 amide bonds. The summed E-state index contributed by atoms with van der Waals surface area (Å²) < 4.78 is 0. The molecule has 0 radical (unpaired) electrons. The smallest absolute Gasteiger partial charge is 0.0133 e. The first-order valence-corrected chi connectivity index (χ1v) is 6.99. The van der Waals surface area contributed by atoms with E-state index in [1.807, 2.05) is 0 Å². The van der Waals surface area contributed by atoms with Crippen LogP contribution < -0.4 is 5.32 Å². The summed E-state index contributed by atoms with van der Waals surface area (Å²) in [6.45, 7) is 2.18. The molecule has 2 aliphatic rings. The molecule has 3 atom stereocenters. The zero-order valence-corrected chi connectivity index (χ0v) is 10.9. The van der Waals surface area contributed by atoms with Gasteiger partial charge in [-0.25, -0.2) is 0 Å². The van der Waals surface area contributed by atoms with Gasteiger partial charge in [-0.2, -0.15) is 0 Å². The average Bonchev–Trinajstić information content (AvgIpc) is 2.93. The van der Waals surface area contributed by atoms with Crippen LogP contribution in [-0.2, 0) is 6.42 Å². The van der Waals surface area contributed by atoms with Crippen molar-refractivity contribution in [3.63, 3.8) is 0 Å². The quantitative estimate of drug-likeness (QED) is 0.836. The minimum absolute atomic E-state index is 0.685. The molecule has 2 fully saturated rings. The Hall–Kier alpha value is -0.820. The van der Waals surface area contributed by atoms with Gasteiger partial charge in [0.05, 0.1) is 0 Å². The SMILES string of the molecule is CNC(Cc1cccc(C)c1)C1CC2CC2C1. The lowest BCUT2D eigenvalue weighted by atomic mass is 9.89. The van der Waals surface area contributed by atoms with Crippen LogP contribution >= 0.6 is 0 Å². The topological polar surface area (TPSA) is 12.0 Å². The second-order valence-electron chi connectivity index (χ2n) is 6.08. The molecule has 0 spiro atoms. The van der Waals surface area contributed by atoms with Crippen LogP contribution in [0, 0.1) is 24.7 Å². The summed E-state index contributed by atoms with van der Waals surface area (Å²) in [5.41, 5.74) is 2.87. The first-order chi connectivity index (χ1) is 8.26. The van der Waals surface area contributed by atoms with Gasteiger partial charge in [0.25, 0.3) is 0 Å². The van der Waals surface area contributed by atoms with Crippen molar-refractivity contribution in [2.24, 2.45) is 17.8 Å². The lowest BCUT2D eigenvalue weighted by Gasteiger charge is -2.24. The van der Waals surface area contributed by atoms with Crippen LogP contribution in [0.1, 0.15) is 30.4 Å². The summed E-state index contributed by atoms with van der Waals surface area (Å²) in [4.78, 5) is 0. The fraction of sp³-hybridized carbons (Fsp3) is 0.625. The molecular weight excluding hydrogens is 206 g/mol. The number of aryl methyl sites for hydroxylation is 1. The summed E-state index contributed by atoms with van der Waals surface area (Å²) in [6.07, 6.45) is 5.67. The predicted molar refractivity (Wildman–Crippen MR) is 72.1 cm³/mol. The highest BCUT2D eigenvalue weighted by Crippen LogP contribution is 2.55. The number of rotatable bonds is 4. The number of likely N-dealkylation sites (N-methyl/N-ethyl adjacent to an activating group) is 1. The molecule has 0 heterocycles. The molecule has 1 aromatic carbocycles. The monoisotopic (exact) mass is 229 g/mol. The fourth-order valence-corrected chi connectivity index (χ4v) is 3.69. The van der Waals surface area contributed by atoms with Crippen molar-refractivity contribution in [3.8, 4) is 0 Å². The van der Waals surface area contributed by atoms with Crippen LogP contribution in [0.2, 0.25) is 0 Å². The Balaban J connectivity index is 1.65. The third-order valence-electron chi connectivity index (χ3n) is 4.76. The van der Waals surface area contributed by atoms with E-state index in [1.165, 1.54) is 36.8 Å². The van der Waals surface area contributed by atoms with E-state index in [4.69, 9.17) is 0 Å².